The minimum Gasteiger partial charge on any atom is -0.393 e. The molecular formula is C23H47O2. The lowest BCUT2D eigenvalue weighted by Gasteiger charge is -2.10. The van der Waals surface area contributed by atoms with Crippen LogP contribution in [0, 0.1) is 0 Å². The molecule has 25 heavy (non-hydrogen) atoms. The number of hydrogen-bond donors (Lipinski definition) is 1. The molecule has 0 aliphatic rings. The molecule has 0 rings (SSSR count). The van der Waals surface area contributed by atoms with Gasteiger partial charge in [-0.2, -0.15) is 0 Å². The van der Waals surface area contributed by atoms with Crippen LogP contribution in [0.5, 0.6) is 0 Å². The fourth-order valence-electron chi connectivity index (χ4n) is 3.55. The van der Waals surface area contributed by atoms with Crippen molar-refractivity contribution in [3.8, 4) is 0 Å². The lowest BCUT2D eigenvalue weighted by atomic mass is 10.0. The van der Waals surface area contributed by atoms with Gasteiger partial charge in [-0.1, -0.05) is 116 Å². The summed E-state index contributed by atoms with van der Waals surface area (Å²) in [7, 11) is 0. The summed E-state index contributed by atoms with van der Waals surface area (Å²) in [6.45, 7) is 2.34. The summed E-state index contributed by atoms with van der Waals surface area (Å²) in [4.78, 5) is 0. The summed E-state index contributed by atoms with van der Waals surface area (Å²) in [5.74, 6) is 0. The zero-order valence-corrected chi connectivity index (χ0v) is 17.3. The van der Waals surface area contributed by atoms with E-state index in [9.17, 15) is 10.2 Å². The Morgan fingerprint density at radius 2 is 0.840 bits per heavy atom. The molecule has 0 fully saturated rings. The van der Waals surface area contributed by atoms with E-state index in [0.717, 1.165) is 38.5 Å². The Kier molecular flexibility index (Phi) is 21.9. The third-order valence-corrected chi connectivity index (χ3v) is 5.32. The molecule has 0 saturated heterocycles. The first-order valence-corrected chi connectivity index (χ1v) is 11.6. The van der Waals surface area contributed by atoms with Gasteiger partial charge in [0.1, 0.15) is 0 Å². The Labute approximate surface area is 158 Å². The molecule has 0 aliphatic carbocycles. The predicted octanol–water partition coefficient (Wildman–Crippen LogP) is 7.60. The maximum Gasteiger partial charge on any atom is 0.0822 e. The second-order valence-corrected chi connectivity index (χ2v) is 7.95. The molecule has 0 aromatic heterocycles. The van der Waals surface area contributed by atoms with Gasteiger partial charge in [0.2, 0.25) is 0 Å². The number of rotatable bonds is 21. The highest BCUT2D eigenvalue weighted by Gasteiger charge is 2.03. The molecule has 0 aliphatic heterocycles. The Bertz CT molecular complexity index is 230. The van der Waals surface area contributed by atoms with Gasteiger partial charge in [-0.3, -0.25) is 0 Å². The zero-order chi connectivity index (χ0) is 18.4. The third kappa shape index (κ3) is 21.9. The second-order valence-electron chi connectivity index (χ2n) is 7.95. The van der Waals surface area contributed by atoms with Crippen LogP contribution >= 0.6 is 0 Å². The van der Waals surface area contributed by atoms with E-state index in [0.29, 0.717) is 0 Å². The first kappa shape index (κ1) is 24.9. The molecule has 0 bridgehead atoms. The lowest BCUT2D eigenvalue weighted by Crippen LogP contribution is -2.05. The largest absolute Gasteiger partial charge is 0.393 e. The Morgan fingerprint density at radius 1 is 0.520 bits per heavy atom. The highest BCUT2D eigenvalue weighted by molar-refractivity contribution is 4.57. The van der Waals surface area contributed by atoms with Gasteiger partial charge in [-0.05, 0) is 19.3 Å². The monoisotopic (exact) mass is 355 g/mol. The van der Waals surface area contributed by atoms with Crippen molar-refractivity contribution in [3.63, 3.8) is 0 Å². The van der Waals surface area contributed by atoms with Crippen LogP contribution in [0.25, 0.3) is 0 Å². The molecule has 0 heterocycles. The Morgan fingerprint density at radius 3 is 1.20 bits per heavy atom. The average molecular weight is 356 g/mol. The smallest absolute Gasteiger partial charge is 0.0822 e. The van der Waals surface area contributed by atoms with Gasteiger partial charge >= 0.3 is 0 Å². The van der Waals surface area contributed by atoms with E-state index in [1.807, 2.05) is 0 Å². The van der Waals surface area contributed by atoms with Crippen molar-refractivity contribution in [2.24, 2.45) is 0 Å². The second kappa shape index (κ2) is 22.0. The van der Waals surface area contributed by atoms with Crippen LogP contribution in [0.1, 0.15) is 135 Å². The standard InChI is InChI=1S/C23H47O2/c1-2-3-4-5-6-7-8-9-10-11-12-13-14-17-20-23(25)21-18-15-16-19-22-24/h23,25H,2-22H2,1H3. The summed E-state index contributed by atoms with van der Waals surface area (Å²) in [5, 5.41) is 20.3. The van der Waals surface area contributed by atoms with E-state index in [1.54, 1.807) is 0 Å². The van der Waals surface area contributed by atoms with Crippen LogP contribution in [-0.2, 0) is 5.11 Å². The summed E-state index contributed by atoms with van der Waals surface area (Å²) < 4.78 is 0. The molecule has 0 aromatic carbocycles. The van der Waals surface area contributed by atoms with Gasteiger partial charge in [0.05, 0.1) is 12.7 Å². The van der Waals surface area contributed by atoms with Crippen molar-refractivity contribution >= 4 is 0 Å². The maximum atomic E-state index is 10.3. The van der Waals surface area contributed by atoms with Gasteiger partial charge in [0, 0.05) is 0 Å². The zero-order valence-electron chi connectivity index (χ0n) is 17.3. The number of aliphatic hydroxyl groups is 1. The van der Waals surface area contributed by atoms with Crippen molar-refractivity contribution in [1.29, 1.82) is 0 Å². The van der Waals surface area contributed by atoms with Crippen LogP contribution in [0.2, 0.25) is 0 Å². The Balaban J connectivity index is 3.08. The summed E-state index contributed by atoms with van der Waals surface area (Å²) in [6, 6.07) is 0. The van der Waals surface area contributed by atoms with Crippen LogP contribution in [0.15, 0.2) is 0 Å². The van der Waals surface area contributed by atoms with E-state index in [-0.39, 0.29) is 12.7 Å². The summed E-state index contributed by atoms with van der Waals surface area (Å²) in [6.07, 6.45) is 25.2. The topological polar surface area (TPSA) is 40.1 Å². The van der Waals surface area contributed by atoms with Crippen molar-refractivity contribution in [1.82, 2.24) is 0 Å². The molecule has 0 spiro atoms. The van der Waals surface area contributed by atoms with Gasteiger partial charge in [-0.15, -0.1) is 0 Å². The highest BCUT2D eigenvalue weighted by Crippen LogP contribution is 2.15. The molecule has 1 radical (unpaired) electrons. The summed E-state index contributed by atoms with van der Waals surface area (Å²) in [5.41, 5.74) is 0. The minimum atomic E-state index is -0.107. The van der Waals surface area contributed by atoms with E-state index in [4.69, 9.17) is 0 Å². The lowest BCUT2D eigenvalue weighted by molar-refractivity contribution is 0.146. The minimum absolute atomic E-state index is 0.0571. The van der Waals surface area contributed by atoms with Crippen LogP contribution < -0.4 is 0 Å². The molecule has 2 nitrogen and oxygen atoms in total. The first-order valence-electron chi connectivity index (χ1n) is 11.6. The van der Waals surface area contributed by atoms with Crippen LogP contribution in [0.4, 0.5) is 0 Å². The fraction of sp³-hybridized carbons (Fsp3) is 1.00. The SMILES string of the molecule is CCCCCCCCCCCCCCCCC(O)CCCCCC[O]. The molecule has 151 valence electrons. The molecule has 0 aromatic rings. The van der Waals surface area contributed by atoms with Crippen molar-refractivity contribution in [2.45, 2.75) is 141 Å². The van der Waals surface area contributed by atoms with E-state index in [2.05, 4.69) is 6.92 Å². The quantitative estimate of drug-likeness (QED) is 0.211. The van der Waals surface area contributed by atoms with Gasteiger partial charge < -0.3 is 5.11 Å². The number of hydrogen-bond acceptors (Lipinski definition) is 1. The molecule has 1 N–H and O–H groups in total. The molecule has 2 heteroatoms. The average Bonchev–Trinajstić information content (AvgIpc) is 2.62. The Hall–Kier alpha value is -0.0800. The van der Waals surface area contributed by atoms with Gasteiger partial charge in [-0.25, -0.2) is 5.11 Å². The molecular weight excluding hydrogens is 308 g/mol. The van der Waals surface area contributed by atoms with Crippen molar-refractivity contribution < 1.29 is 10.2 Å². The van der Waals surface area contributed by atoms with Crippen LogP contribution in [0.3, 0.4) is 0 Å². The molecule has 0 saturated carbocycles. The number of unbranched alkanes of at least 4 members (excludes halogenated alkanes) is 16. The maximum absolute atomic E-state index is 10.3. The van der Waals surface area contributed by atoms with E-state index in [1.165, 1.54) is 89.9 Å². The molecule has 0 amide bonds. The molecule has 1 unspecified atom stereocenters. The van der Waals surface area contributed by atoms with Crippen molar-refractivity contribution in [3.05, 3.63) is 0 Å². The number of aliphatic hydroxyl groups excluding tert-OH is 1. The van der Waals surface area contributed by atoms with Crippen LogP contribution in [-0.4, -0.2) is 17.8 Å². The van der Waals surface area contributed by atoms with Gasteiger partial charge in [0.15, 0.2) is 0 Å². The molecule has 1 atom stereocenters. The predicted molar refractivity (Wildman–Crippen MR) is 110 cm³/mol. The normalized spacial score (nSPS) is 12.6. The fourth-order valence-corrected chi connectivity index (χ4v) is 3.55. The summed E-state index contributed by atoms with van der Waals surface area (Å²) >= 11 is 0. The highest BCUT2D eigenvalue weighted by atomic mass is 16.3. The first-order chi connectivity index (χ1) is 12.3. The van der Waals surface area contributed by atoms with Gasteiger partial charge in [0.25, 0.3) is 0 Å². The van der Waals surface area contributed by atoms with E-state index >= 15 is 0 Å². The van der Waals surface area contributed by atoms with Crippen molar-refractivity contribution in [2.75, 3.05) is 6.61 Å². The van der Waals surface area contributed by atoms with E-state index < -0.39 is 0 Å². The third-order valence-electron chi connectivity index (χ3n) is 5.32.